The molecule has 0 heteroatoms. The lowest BCUT2D eigenvalue weighted by Crippen LogP contribution is -1.50. The summed E-state index contributed by atoms with van der Waals surface area (Å²) < 4.78 is 0. The van der Waals surface area contributed by atoms with Crippen molar-refractivity contribution in [1.29, 1.82) is 0 Å². The van der Waals surface area contributed by atoms with E-state index in [4.69, 9.17) is 0 Å². The number of rotatable bonds is 0. The Bertz CT molecular complexity index is 38.0. The Hall–Kier alpha value is -0.260. The molecule has 0 aromatic rings. The lowest BCUT2D eigenvalue weighted by Gasteiger charge is -1.69. The Morgan fingerprint density at radius 1 is 0.857 bits per heavy atom. The molecule has 1 rings (SSSR count). The van der Waals surface area contributed by atoms with Crippen molar-refractivity contribution < 1.29 is 0 Å². The third kappa shape index (κ3) is 3.57. The van der Waals surface area contributed by atoms with Crippen LogP contribution in [0.5, 0.6) is 0 Å². The molecule has 0 atom stereocenters. The van der Waals surface area contributed by atoms with Crippen LogP contribution in [0.15, 0.2) is 12.2 Å². The van der Waals surface area contributed by atoms with Crippen molar-refractivity contribution in [3.05, 3.63) is 12.2 Å². The molecule has 0 unspecified atom stereocenters. The van der Waals surface area contributed by atoms with Gasteiger partial charge in [-0.05, 0) is 19.3 Å². The minimum absolute atomic E-state index is 0. The molecule has 0 bridgehead atoms. The van der Waals surface area contributed by atoms with Crippen LogP contribution in [0.3, 0.4) is 0 Å². The van der Waals surface area contributed by atoms with Gasteiger partial charge in [0.2, 0.25) is 0 Å². The zero-order valence-corrected chi connectivity index (χ0v) is 3.28. The first-order valence-electron chi connectivity index (χ1n) is 2.15. The normalized spacial score (nSPS) is 14.9. The van der Waals surface area contributed by atoms with E-state index in [1.54, 1.807) is 0 Å². The van der Waals surface area contributed by atoms with Crippen LogP contribution < -0.4 is 0 Å². The van der Waals surface area contributed by atoms with Gasteiger partial charge < -0.3 is 0 Å². The maximum Gasteiger partial charge on any atom is -0.0348 e. The second-order valence-electron chi connectivity index (χ2n) is 1.40. The van der Waals surface area contributed by atoms with Crippen LogP contribution in [-0.4, -0.2) is 0 Å². The molecule has 1 aliphatic carbocycles. The van der Waals surface area contributed by atoms with Gasteiger partial charge in [-0.25, -0.2) is 0 Å². The first-order chi connectivity index (χ1) is 2.50. The van der Waals surface area contributed by atoms with Crippen molar-refractivity contribution in [2.75, 3.05) is 0 Å². The summed E-state index contributed by atoms with van der Waals surface area (Å²) in [6.07, 6.45) is 8.50. The highest BCUT2D eigenvalue weighted by Gasteiger charge is 1.84. The van der Waals surface area contributed by atoms with Crippen LogP contribution in [-0.2, 0) is 0 Å². The standard InChI is InChI=1S/C5H8.2CH4/c1-2-4-5-3-1;;/h1-2H,3-5H2;2*1H4. The number of hydrogen-bond acceptors (Lipinski definition) is 0. The monoisotopic (exact) mass is 100 g/mol. The van der Waals surface area contributed by atoms with Gasteiger partial charge in [-0.3, -0.25) is 0 Å². The third-order valence-corrected chi connectivity index (χ3v) is 0.908. The van der Waals surface area contributed by atoms with Crippen molar-refractivity contribution in [2.45, 2.75) is 34.1 Å². The van der Waals surface area contributed by atoms with Gasteiger partial charge in [-0.2, -0.15) is 0 Å². The van der Waals surface area contributed by atoms with Crippen molar-refractivity contribution in [1.82, 2.24) is 0 Å². The average Bonchev–Trinajstić information content (AvgIpc) is 1.76. The second kappa shape index (κ2) is 5.74. The predicted molar refractivity (Wildman–Crippen MR) is 36.5 cm³/mol. The van der Waals surface area contributed by atoms with E-state index < -0.39 is 0 Å². The summed E-state index contributed by atoms with van der Waals surface area (Å²) in [5.74, 6) is 0. The summed E-state index contributed by atoms with van der Waals surface area (Å²) in [5, 5.41) is 0. The van der Waals surface area contributed by atoms with E-state index in [-0.39, 0.29) is 14.9 Å². The van der Waals surface area contributed by atoms with Crippen LogP contribution in [0.2, 0.25) is 0 Å². The van der Waals surface area contributed by atoms with E-state index in [0.29, 0.717) is 0 Å². The van der Waals surface area contributed by atoms with Gasteiger partial charge in [0.25, 0.3) is 0 Å². The minimum atomic E-state index is 0. The van der Waals surface area contributed by atoms with Gasteiger partial charge in [-0.15, -0.1) is 0 Å². The molecule has 0 radical (unpaired) electrons. The zero-order valence-electron chi connectivity index (χ0n) is 3.28. The third-order valence-electron chi connectivity index (χ3n) is 0.908. The Morgan fingerprint density at radius 3 is 1.43 bits per heavy atom. The Balaban J connectivity index is 0. The molecule has 0 saturated heterocycles. The largest absolute Gasteiger partial charge is 0.0885 e. The van der Waals surface area contributed by atoms with Crippen LogP contribution >= 0.6 is 0 Å². The summed E-state index contributed by atoms with van der Waals surface area (Å²) in [4.78, 5) is 0. The number of allylic oxidation sites excluding steroid dienone is 2. The lowest BCUT2D eigenvalue weighted by molar-refractivity contribution is 0.929. The molecule has 0 fully saturated rings. The van der Waals surface area contributed by atoms with Gasteiger partial charge in [0.05, 0.1) is 0 Å². The fourth-order valence-corrected chi connectivity index (χ4v) is 0.589. The predicted octanol–water partition coefficient (Wildman–Crippen LogP) is 3.00. The van der Waals surface area contributed by atoms with Crippen molar-refractivity contribution >= 4 is 0 Å². The van der Waals surface area contributed by atoms with E-state index in [1.165, 1.54) is 19.3 Å². The second-order valence-corrected chi connectivity index (χ2v) is 1.40. The molecule has 7 heavy (non-hydrogen) atoms. The minimum Gasteiger partial charge on any atom is -0.0885 e. The molecular weight excluding hydrogens is 84.1 g/mol. The van der Waals surface area contributed by atoms with Crippen molar-refractivity contribution in [3.8, 4) is 0 Å². The first-order valence-corrected chi connectivity index (χ1v) is 2.15. The highest BCUT2D eigenvalue weighted by atomic mass is 13.9. The number of hydrogen-bond donors (Lipinski definition) is 0. The summed E-state index contributed by atoms with van der Waals surface area (Å²) >= 11 is 0. The average molecular weight is 100 g/mol. The molecule has 0 aliphatic heterocycles. The summed E-state index contributed by atoms with van der Waals surface area (Å²) in [6.45, 7) is 0. The summed E-state index contributed by atoms with van der Waals surface area (Å²) in [7, 11) is 0. The van der Waals surface area contributed by atoms with Gasteiger partial charge in [0.1, 0.15) is 0 Å². The van der Waals surface area contributed by atoms with Gasteiger partial charge in [0, 0.05) is 0 Å². The van der Waals surface area contributed by atoms with Crippen LogP contribution in [0.1, 0.15) is 34.1 Å². The van der Waals surface area contributed by atoms with Gasteiger partial charge in [0.15, 0.2) is 0 Å². The van der Waals surface area contributed by atoms with Gasteiger partial charge >= 0.3 is 0 Å². The Labute approximate surface area is 47.2 Å². The molecule has 0 nitrogen and oxygen atoms in total. The zero-order chi connectivity index (χ0) is 3.54. The highest BCUT2D eigenvalue weighted by Crippen LogP contribution is 2.05. The van der Waals surface area contributed by atoms with Gasteiger partial charge in [-0.1, -0.05) is 27.0 Å². The first kappa shape index (κ1) is 9.88. The fourth-order valence-electron chi connectivity index (χ4n) is 0.589. The SMILES string of the molecule is C.C.C1=CCCC1. The molecule has 0 spiro atoms. The molecular formula is C7H16. The molecule has 1 aliphatic rings. The molecule has 0 heterocycles. The smallest absolute Gasteiger partial charge is 0.0348 e. The van der Waals surface area contributed by atoms with E-state index >= 15 is 0 Å². The molecule has 0 aromatic heterocycles. The molecule has 0 aromatic carbocycles. The Kier molecular flexibility index (Phi) is 8.10. The highest BCUT2D eigenvalue weighted by molar-refractivity contribution is 4.88. The molecule has 0 amide bonds. The van der Waals surface area contributed by atoms with E-state index in [2.05, 4.69) is 12.2 Å². The molecule has 0 N–H and O–H groups in total. The van der Waals surface area contributed by atoms with E-state index in [1.807, 2.05) is 0 Å². The van der Waals surface area contributed by atoms with Crippen LogP contribution in [0, 0.1) is 0 Å². The lowest BCUT2D eigenvalue weighted by atomic mass is 10.4. The van der Waals surface area contributed by atoms with E-state index in [9.17, 15) is 0 Å². The van der Waals surface area contributed by atoms with Crippen LogP contribution in [0.4, 0.5) is 0 Å². The summed E-state index contributed by atoms with van der Waals surface area (Å²) in [6, 6.07) is 0. The van der Waals surface area contributed by atoms with Crippen LogP contribution in [0.25, 0.3) is 0 Å². The summed E-state index contributed by atoms with van der Waals surface area (Å²) in [5.41, 5.74) is 0. The maximum atomic E-state index is 2.24. The van der Waals surface area contributed by atoms with Crippen molar-refractivity contribution in [3.63, 3.8) is 0 Å². The fraction of sp³-hybridized carbons (Fsp3) is 0.714. The van der Waals surface area contributed by atoms with Crippen molar-refractivity contribution in [2.24, 2.45) is 0 Å². The Morgan fingerprint density at radius 2 is 1.29 bits per heavy atom. The van der Waals surface area contributed by atoms with E-state index in [0.717, 1.165) is 0 Å². The topological polar surface area (TPSA) is 0 Å². The quantitative estimate of drug-likeness (QED) is 0.410. The molecule has 44 valence electrons. The molecule has 0 saturated carbocycles. The maximum absolute atomic E-state index is 2.24.